The van der Waals surface area contributed by atoms with Gasteiger partial charge in [-0.2, -0.15) is 0 Å². The topological polar surface area (TPSA) is 64.6 Å². The maximum atomic E-state index is 13.0. The molecule has 0 atom stereocenters. The molecule has 5 heteroatoms. The van der Waals surface area contributed by atoms with Gasteiger partial charge >= 0.3 is 0 Å². The Hall–Kier alpha value is -2.30. The third-order valence-electron chi connectivity index (χ3n) is 4.31. The van der Waals surface area contributed by atoms with Crippen LogP contribution >= 0.6 is 0 Å². The summed E-state index contributed by atoms with van der Waals surface area (Å²) in [4.78, 5) is 25.7. The highest BCUT2D eigenvalue weighted by atomic mass is 16.5. The van der Waals surface area contributed by atoms with Crippen molar-refractivity contribution in [2.45, 2.75) is 40.5 Å². The predicted octanol–water partition coefficient (Wildman–Crippen LogP) is 3.62. The van der Waals surface area contributed by atoms with Crippen LogP contribution in [0.2, 0.25) is 0 Å². The monoisotopic (exact) mass is 345 g/mol. The van der Waals surface area contributed by atoms with Crippen LogP contribution in [0.1, 0.15) is 56.5 Å². The number of unbranched alkanes of at least 4 members (excludes halogenated alkanes) is 1. The number of nitrogens with one attached hydrogen (secondary N) is 1. The first-order valence-electron chi connectivity index (χ1n) is 8.60. The van der Waals surface area contributed by atoms with Gasteiger partial charge in [0.25, 0.3) is 5.91 Å². The average molecular weight is 345 g/mol. The van der Waals surface area contributed by atoms with E-state index in [1.165, 1.54) is 7.11 Å². The number of Topliss-reactive ketones (excluding diaryl/α,β-unsaturated/α-hetero) is 1. The zero-order valence-corrected chi connectivity index (χ0v) is 15.9. The van der Waals surface area contributed by atoms with Crippen molar-refractivity contribution in [2.75, 3.05) is 20.8 Å². The lowest BCUT2D eigenvalue weighted by molar-refractivity contribution is -0.117. The Labute approximate surface area is 149 Å². The van der Waals surface area contributed by atoms with Gasteiger partial charge in [-0.3, -0.25) is 9.59 Å². The van der Waals surface area contributed by atoms with Crippen LogP contribution in [-0.2, 0) is 4.79 Å². The molecule has 1 aliphatic rings. The van der Waals surface area contributed by atoms with Crippen molar-refractivity contribution in [3.05, 3.63) is 28.8 Å². The van der Waals surface area contributed by atoms with Crippen LogP contribution in [0.3, 0.4) is 0 Å². The molecule has 0 bridgehead atoms. The van der Waals surface area contributed by atoms with Crippen LogP contribution in [0, 0.1) is 5.41 Å². The van der Waals surface area contributed by atoms with Gasteiger partial charge in [0.1, 0.15) is 0 Å². The van der Waals surface area contributed by atoms with Gasteiger partial charge in [-0.1, -0.05) is 34.1 Å². The Morgan fingerprint density at radius 1 is 1.08 bits per heavy atom. The molecule has 2 rings (SSSR count). The molecular formula is C20H27NO4. The summed E-state index contributed by atoms with van der Waals surface area (Å²) < 4.78 is 10.7. The number of fused-ring (bicyclic) bond motifs is 1. The normalized spacial score (nSPS) is 13.8. The molecule has 136 valence electrons. The van der Waals surface area contributed by atoms with E-state index in [4.69, 9.17) is 9.47 Å². The molecule has 1 aliphatic carbocycles. The SMILES string of the molecule is CCCCNC(=O)C1=C(C(C)(C)C)c2cc(OC)c(OC)cc2C1=O. The fourth-order valence-electron chi connectivity index (χ4n) is 3.12. The molecule has 0 aliphatic heterocycles. The molecule has 5 nitrogen and oxygen atoms in total. The van der Waals surface area contributed by atoms with Crippen LogP contribution in [0.25, 0.3) is 5.57 Å². The Balaban J connectivity index is 2.59. The number of rotatable bonds is 6. The molecule has 0 aromatic heterocycles. The van der Waals surface area contributed by atoms with E-state index in [0.717, 1.165) is 24.0 Å². The van der Waals surface area contributed by atoms with Crippen LogP contribution in [-0.4, -0.2) is 32.5 Å². The first kappa shape index (κ1) is 19.0. The molecule has 0 saturated heterocycles. The molecule has 25 heavy (non-hydrogen) atoms. The molecule has 1 amide bonds. The molecule has 0 saturated carbocycles. The second-order valence-electron chi connectivity index (χ2n) is 7.19. The van der Waals surface area contributed by atoms with Crippen LogP contribution in [0.15, 0.2) is 17.7 Å². The van der Waals surface area contributed by atoms with E-state index in [2.05, 4.69) is 12.2 Å². The lowest BCUT2D eigenvalue weighted by Gasteiger charge is -2.23. The highest BCUT2D eigenvalue weighted by Gasteiger charge is 2.39. The van der Waals surface area contributed by atoms with Crippen molar-refractivity contribution in [3.63, 3.8) is 0 Å². The van der Waals surface area contributed by atoms with Crippen molar-refractivity contribution >= 4 is 17.3 Å². The van der Waals surface area contributed by atoms with Crippen LogP contribution in [0.4, 0.5) is 0 Å². The number of ketones is 1. The third-order valence-corrected chi connectivity index (χ3v) is 4.31. The standard InChI is InChI=1S/C20H27NO4/c1-7-8-9-21-19(23)16-17(20(2,3)4)12-10-14(24-5)15(25-6)11-13(12)18(16)22/h10-11H,7-9H2,1-6H3,(H,21,23). The summed E-state index contributed by atoms with van der Waals surface area (Å²) in [7, 11) is 3.08. The summed E-state index contributed by atoms with van der Waals surface area (Å²) in [5.41, 5.74) is 1.85. The molecule has 1 aromatic rings. The number of hydrogen-bond donors (Lipinski definition) is 1. The summed E-state index contributed by atoms with van der Waals surface area (Å²) in [6, 6.07) is 3.45. The molecule has 0 heterocycles. The molecule has 0 unspecified atom stereocenters. The number of amides is 1. The number of carbonyl (C=O) groups is 2. The van der Waals surface area contributed by atoms with Crippen molar-refractivity contribution in [1.82, 2.24) is 5.32 Å². The highest BCUT2D eigenvalue weighted by molar-refractivity contribution is 6.35. The molecule has 0 radical (unpaired) electrons. The summed E-state index contributed by atoms with van der Waals surface area (Å²) in [6.07, 6.45) is 1.86. The van der Waals surface area contributed by atoms with Gasteiger partial charge < -0.3 is 14.8 Å². The van der Waals surface area contributed by atoms with Crippen molar-refractivity contribution < 1.29 is 19.1 Å². The second-order valence-corrected chi connectivity index (χ2v) is 7.19. The van der Waals surface area contributed by atoms with Crippen LogP contribution < -0.4 is 14.8 Å². The fraction of sp³-hybridized carbons (Fsp3) is 0.500. The summed E-state index contributed by atoms with van der Waals surface area (Å²) in [5, 5.41) is 2.87. The molecule has 1 aromatic carbocycles. The van der Waals surface area contributed by atoms with E-state index in [-0.39, 0.29) is 22.7 Å². The smallest absolute Gasteiger partial charge is 0.255 e. The molecule has 0 fully saturated rings. The fourth-order valence-corrected chi connectivity index (χ4v) is 3.12. The van der Waals surface area contributed by atoms with Gasteiger partial charge in [0.2, 0.25) is 0 Å². The first-order chi connectivity index (χ1) is 11.8. The quantitative estimate of drug-likeness (QED) is 0.632. The van der Waals surface area contributed by atoms with Gasteiger partial charge in [0, 0.05) is 12.1 Å². The maximum absolute atomic E-state index is 13.0. The minimum atomic E-state index is -0.363. The van der Waals surface area contributed by atoms with E-state index >= 15 is 0 Å². The lowest BCUT2D eigenvalue weighted by atomic mass is 9.81. The Morgan fingerprint density at radius 3 is 2.12 bits per heavy atom. The summed E-state index contributed by atoms with van der Waals surface area (Å²) in [6.45, 7) is 8.62. The van der Waals surface area contributed by atoms with Gasteiger partial charge in [-0.15, -0.1) is 0 Å². The number of methoxy groups -OCH3 is 2. The van der Waals surface area contributed by atoms with Crippen molar-refractivity contribution in [1.29, 1.82) is 0 Å². The third kappa shape index (κ3) is 3.55. The second kappa shape index (κ2) is 7.30. The molecule has 1 N–H and O–H groups in total. The number of hydrogen-bond acceptors (Lipinski definition) is 4. The summed E-state index contributed by atoms with van der Waals surface area (Å²) in [5.74, 6) is 0.464. The van der Waals surface area contributed by atoms with Crippen molar-refractivity contribution in [2.24, 2.45) is 5.41 Å². The van der Waals surface area contributed by atoms with Gasteiger partial charge in [0.15, 0.2) is 17.3 Å². The van der Waals surface area contributed by atoms with Gasteiger partial charge in [-0.05, 0) is 35.1 Å². The minimum absolute atomic E-state index is 0.230. The Kier molecular flexibility index (Phi) is 5.55. The number of benzene rings is 1. The first-order valence-corrected chi connectivity index (χ1v) is 8.60. The molecule has 0 spiro atoms. The van der Waals surface area contributed by atoms with E-state index in [9.17, 15) is 9.59 Å². The summed E-state index contributed by atoms with van der Waals surface area (Å²) >= 11 is 0. The Bertz CT molecular complexity index is 726. The highest BCUT2D eigenvalue weighted by Crippen LogP contribution is 2.47. The average Bonchev–Trinajstić information content (AvgIpc) is 2.86. The lowest BCUT2D eigenvalue weighted by Crippen LogP contribution is -2.29. The van der Waals surface area contributed by atoms with E-state index < -0.39 is 0 Å². The maximum Gasteiger partial charge on any atom is 0.255 e. The minimum Gasteiger partial charge on any atom is -0.493 e. The molecular weight excluding hydrogens is 318 g/mol. The number of ether oxygens (including phenoxy) is 2. The van der Waals surface area contributed by atoms with Crippen LogP contribution in [0.5, 0.6) is 11.5 Å². The van der Waals surface area contributed by atoms with Gasteiger partial charge in [-0.25, -0.2) is 0 Å². The zero-order chi connectivity index (χ0) is 18.8. The van der Waals surface area contributed by atoms with E-state index in [1.807, 2.05) is 20.8 Å². The Morgan fingerprint density at radius 2 is 1.64 bits per heavy atom. The predicted molar refractivity (Wildman–Crippen MR) is 98.2 cm³/mol. The number of carbonyl (C=O) groups excluding carboxylic acids is 2. The number of allylic oxidation sites excluding steroid dienone is 1. The van der Waals surface area contributed by atoms with E-state index in [1.54, 1.807) is 19.2 Å². The van der Waals surface area contributed by atoms with Gasteiger partial charge in [0.05, 0.1) is 19.8 Å². The zero-order valence-electron chi connectivity index (χ0n) is 15.9. The van der Waals surface area contributed by atoms with Crippen molar-refractivity contribution in [3.8, 4) is 11.5 Å². The van der Waals surface area contributed by atoms with E-state index in [0.29, 0.717) is 23.6 Å². The largest absolute Gasteiger partial charge is 0.493 e.